The average Bonchev–Trinajstić information content (AvgIpc) is 2.71. The Morgan fingerprint density at radius 1 is 1.05 bits per heavy atom. The van der Waals surface area contributed by atoms with E-state index in [1.807, 2.05) is 23.1 Å². The number of hydrogen-bond donors (Lipinski definition) is 0. The number of hydrogen-bond acceptors (Lipinski definition) is 1. The van der Waals surface area contributed by atoms with Crippen LogP contribution in [0.3, 0.4) is 0 Å². The summed E-state index contributed by atoms with van der Waals surface area (Å²) < 4.78 is 1.95. The molecule has 2 aromatic carbocycles. The van der Waals surface area contributed by atoms with Gasteiger partial charge in [-0.05, 0) is 80.7 Å². The van der Waals surface area contributed by atoms with Crippen LogP contribution in [0.15, 0.2) is 46.9 Å². The Bertz CT molecular complexity index is 659. The van der Waals surface area contributed by atoms with Crippen LogP contribution in [0.2, 0.25) is 0 Å². The van der Waals surface area contributed by atoms with E-state index in [1.165, 1.54) is 11.1 Å². The van der Waals surface area contributed by atoms with Crippen molar-refractivity contribution in [3.63, 3.8) is 0 Å². The van der Waals surface area contributed by atoms with Gasteiger partial charge in [-0.2, -0.15) is 0 Å². The number of rotatable bonds is 1. The van der Waals surface area contributed by atoms with E-state index in [1.54, 1.807) is 0 Å². The van der Waals surface area contributed by atoms with Crippen LogP contribution in [-0.4, -0.2) is 23.9 Å². The van der Waals surface area contributed by atoms with Crippen LogP contribution in [0.5, 0.6) is 0 Å². The van der Waals surface area contributed by atoms with E-state index in [-0.39, 0.29) is 5.91 Å². The molecular weight excluding hydrogens is 441 g/mol. The van der Waals surface area contributed by atoms with Gasteiger partial charge in [0.1, 0.15) is 0 Å². The molecule has 0 bridgehead atoms. The number of carbonyl (C=O) groups is 1. The maximum atomic E-state index is 12.8. The number of amides is 1. The fraction of sp³-hybridized carbons (Fsp3) is 0.235. The number of benzene rings is 2. The highest BCUT2D eigenvalue weighted by Crippen LogP contribution is 2.23. The molecule has 2 nitrogen and oxygen atoms in total. The molecule has 0 N–H and O–H groups in total. The van der Waals surface area contributed by atoms with Crippen LogP contribution < -0.4 is 0 Å². The molecule has 21 heavy (non-hydrogen) atoms. The van der Waals surface area contributed by atoms with Crippen LogP contribution in [0, 0.1) is 3.57 Å². The van der Waals surface area contributed by atoms with Crippen molar-refractivity contribution in [1.29, 1.82) is 0 Å². The molecule has 0 radical (unpaired) electrons. The van der Waals surface area contributed by atoms with Gasteiger partial charge in [-0.25, -0.2) is 0 Å². The lowest BCUT2D eigenvalue weighted by Crippen LogP contribution is -2.33. The Labute approximate surface area is 146 Å². The van der Waals surface area contributed by atoms with Crippen molar-refractivity contribution in [2.45, 2.75) is 12.8 Å². The normalized spacial score (nSPS) is 14.5. The van der Waals surface area contributed by atoms with Gasteiger partial charge in [0.15, 0.2) is 0 Å². The fourth-order valence-electron chi connectivity index (χ4n) is 2.70. The summed E-state index contributed by atoms with van der Waals surface area (Å²) in [7, 11) is 0. The fourth-order valence-corrected chi connectivity index (χ4v) is 3.61. The molecule has 0 fully saturated rings. The monoisotopic (exact) mass is 455 g/mol. The standard InChI is InChI=1S/C17H15BrINO/c18-16-6-5-14(19)11-15(16)17(21)20-9-7-12-3-1-2-4-13(12)8-10-20/h1-6,11H,7-10H2. The zero-order valence-corrected chi connectivity index (χ0v) is 15.2. The molecule has 0 saturated carbocycles. The van der Waals surface area contributed by atoms with Gasteiger partial charge in [-0.1, -0.05) is 24.3 Å². The molecule has 1 amide bonds. The molecule has 4 heteroatoms. The predicted octanol–water partition coefficient (Wildman–Crippen LogP) is 4.29. The van der Waals surface area contributed by atoms with Crippen molar-refractivity contribution in [3.05, 3.63) is 67.2 Å². The van der Waals surface area contributed by atoms with Gasteiger partial charge in [0.2, 0.25) is 0 Å². The van der Waals surface area contributed by atoms with Gasteiger partial charge in [0.25, 0.3) is 5.91 Å². The van der Waals surface area contributed by atoms with Gasteiger partial charge in [-0.3, -0.25) is 4.79 Å². The first kappa shape index (κ1) is 15.0. The SMILES string of the molecule is O=C(c1cc(I)ccc1Br)N1CCc2ccccc2CC1. The zero-order chi connectivity index (χ0) is 14.8. The highest BCUT2D eigenvalue weighted by molar-refractivity contribution is 14.1. The number of nitrogens with zero attached hydrogens (tertiary/aromatic N) is 1. The third-order valence-corrected chi connectivity index (χ3v) is 5.23. The lowest BCUT2D eigenvalue weighted by molar-refractivity contribution is 0.0762. The molecule has 0 aromatic heterocycles. The molecule has 1 aliphatic rings. The lowest BCUT2D eigenvalue weighted by atomic mass is 10.0. The largest absolute Gasteiger partial charge is 0.338 e. The van der Waals surface area contributed by atoms with Crippen LogP contribution in [0.4, 0.5) is 0 Å². The third kappa shape index (κ3) is 3.31. The molecule has 0 aliphatic carbocycles. The van der Waals surface area contributed by atoms with Crippen molar-refractivity contribution in [3.8, 4) is 0 Å². The number of fused-ring (bicyclic) bond motifs is 1. The van der Waals surface area contributed by atoms with Gasteiger partial charge >= 0.3 is 0 Å². The second-order valence-electron chi connectivity index (χ2n) is 5.19. The molecule has 0 atom stereocenters. The summed E-state index contributed by atoms with van der Waals surface area (Å²) in [5.74, 6) is 0.119. The van der Waals surface area contributed by atoms with E-state index < -0.39 is 0 Å². The van der Waals surface area contributed by atoms with Gasteiger partial charge in [0.05, 0.1) is 5.56 Å². The van der Waals surface area contributed by atoms with Crippen LogP contribution in [0.25, 0.3) is 0 Å². The van der Waals surface area contributed by atoms with Gasteiger partial charge in [-0.15, -0.1) is 0 Å². The van der Waals surface area contributed by atoms with Crippen molar-refractivity contribution in [2.24, 2.45) is 0 Å². The first-order valence-corrected chi connectivity index (χ1v) is 8.83. The van der Waals surface area contributed by atoms with Crippen LogP contribution in [-0.2, 0) is 12.8 Å². The minimum absolute atomic E-state index is 0.119. The quantitative estimate of drug-likeness (QED) is 0.587. The Morgan fingerprint density at radius 3 is 2.29 bits per heavy atom. The summed E-state index contributed by atoms with van der Waals surface area (Å²) in [6, 6.07) is 14.4. The van der Waals surface area contributed by atoms with E-state index in [0.717, 1.165) is 39.5 Å². The second-order valence-corrected chi connectivity index (χ2v) is 7.29. The second kappa shape index (κ2) is 6.48. The van der Waals surface area contributed by atoms with E-state index in [0.29, 0.717) is 0 Å². The Balaban J connectivity index is 1.82. The average molecular weight is 456 g/mol. The summed E-state index contributed by atoms with van der Waals surface area (Å²) in [4.78, 5) is 14.7. The molecule has 3 rings (SSSR count). The molecule has 0 saturated heterocycles. The first-order valence-electron chi connectivity index (χ1n) is 6.96. The third-order valence-electron chi connectivity index (χ3n) is 3.87. The first-order chi connectivity index (χ1) is 10.1. The highest BCUT2D eigenvalue weighted by atomic mass is 127. The molecule has 108 valence electrons. The lowest BCUT2D eigenvalue weighted by Gasteiger charge is -2.21. The summed E-state index contributed by atoms with van der Waals surface area (Å²) >= 11 is 5.74. The summed E-state index contributed by atoms with van der Waals surface area (Å²) in [5, 5.41) is 0. The Morgan fingerprint density at radius 2 is 1.67 bits per heavy atom. The topological polar surface area (TPSA) is 20.3 Å². The minimum atomic E-state index is 0.119. The Hall–Kier alpha value is -0.880. The van der Waals surface area contributed by atoms with Crippen molar-refractivity contribution >= 4 is 44.4 Å². The highest BCUT2D eigenvalue weighted by Gasteiger charge is 2.21. The van der Waals surface area contributed by atoms with Crippen molar-refractivity contribution in [1.82, 2.24) is 4.90 Å². The van der Waals surface area contributed by atoms with Crippen LogP contribution >= 0.6 is 38.5 Å². The maximum Gasteiger partial charge on any atom is 0.255 e. The smallest absolute Gasteiger partial charge is 0.255 e. The summed E-state index contributed by atoms with van der Waals surface area (Å²) in [6.45, 7) is 1.57. The molecule has 0 spiro atoms. The van der Waals surface area contributed by atoms with Crippen LogP contribution in [0.1, 0.15) is 21.5 Å². The number of carbonyl (C=O) groups excluding carboxylic acids is 1. The Kier molecular flexibility index (Phi) is 4.64. The molecule has 1 heterocycles. The van der Waals surface area contributed by atoms with E-state index in [2.05, 4.69) is 62.8 Å². The molecular formula is C17H15BrINO. The minimum Gasteiger partial charge on any atom is -0.338 e. The maximum absolute atomic E-state index is 12.8. The van der Waals surface area contributed by atoms with E-state index >= 15 is 0 Å². The summed E-state index contributed by atoms with van der Waals surface area (Å²) in [6.07, 6.45) is 1.87. The van der Waals surface area contributed by atoms with E-state index in [4.69, 9.17) is 0 Å². The predicted molar refractivity (Wildman–Crippen MR) is 96.6 cm³/mol. The van der Waals surface area contributed by atoms with Gasteiger partial charge in [0, 0.05) is 21.1 Å². The molecule has 1 aliphatic heterocycles. The molecule has 0 unspecified atom stereocenters. The van der Waals surface area contributed by atoms with Gasteiger partial charge < -0.3 is 4.90 Å². The summed E-state index contributed by atoms with van der Waals surface area (Å²) in [5.41, 5.74) is 3.50. The molecule has 2 aromatic rings. The number of halogens is 2. The van der Waals surface area contributed by atoms with E-state index in [9.17, 15) is 4.79 Å². The zero-order valence-electron chi connectivity index (χ0n) is 11.5. The van der Waals surface area contributed by atoms with Crippen molar-refractivity contribution in [2.75, 3.05) is 13.1 Å². The van der Waals surface area contributed by atoms with Crippen molar-refractivity contribution < 1.29 is 4.79 Å².